The maximum atomic E-state index is 12.1. The average Bonchev–Trinajstić information content (AvgIpc) is 3.19. The van der Waals surface area contributed by atoms with E-state index < -0.39 is 10.0 Å². The van der Waals surface area contributed by atoms with Crippen LogP contribution in [0.15, 0.2) is 47.4 Å². The molecule has 1 aromatic heterocycles. The van der Waals surface area contributed by atoms with Gasteiger partial charge in [0.2, 0.25) is 10.0 Å². The van der Waals surface area contributed by atoms with Crippen molar-refractivity contribution < 1.29 is 13.2 Å². The van der Waals surface area contributed by atoms with Crippen LogP contribution in [-0.2, 0) is 21.4 Å². The Kier molecular flexibility index (Phi) is 5.63. The third-order valence-electron chi connectivity index (χ3n) is 4.40. The predicted molar refractivity (Wildman–Crippen MR) is 103 cm³/mol. The molecule has 0 fully saturated rings. The van der Waals surface area contributed by atoms with Crippen molar-refractivity contribution in [3.8, 4) is 22.5 Å². The van der Waals surface area contributed by atoms with Gasteiger partial charge >= 0.3 is 0 Å². The van der Waals surface area contributed by atoms with Gasteiger partial charge in [-0.25, -0.2) is 18.7 Å². The van der Waals surface area contributed by atoms with E-state index in [1.807, 2.05) is 31.2 Å². The third kappa shape index (κ3) is 4.30. The normalized spacial score (nSPS) is 12.7. The molecule has 2 aromatic carbocycles. The number of rotatable bonds is 7. The van der Waals surface area contributed by atoms with E-state index >= 15 is 0 Å². The Morgan fingerprint density at radius 3 is 2.50 bits per heavy atom. The maximum absolute atomic E-state index is 12.1. The third-order valence-corrected chi connectivity index (χ3v) is 5.36. The molecule has 0 bridgehead atoms. The van der Waals surface area contributed by atoms with Crippen LogP contribution in [0.3, 0.4) is 0 Å². The average molecular weight is 400 g/mol. The van der Waals surface area contributed by atoms with Crippen molar-refractivity contribution in [3.05, 3.63) is 48.0 Å². The molecule has 0 radical (unpaired) electrons. The van der Waals surface area contributed by atoms with Crippen molar-refractivity contribution in [3.63, 3.8) is 0 Å². The lowest BCUT2D eigenvalue weighted by atomic mass is 9.98. The first-order valence-corrected chi connectivity index (χ1v) is 10.0. The van der Waals surface area contributed by atoms with Gasteiger partial charge in [-0.3, -0.25) is 4.79 Å². The zero-order valence-electron chi connectivity index (χ0n) is 15.4. The molecule has 0 aliphatic heterocycles. The molecule has 10 heteroatoms. The summed E-state index contributed by atoms with van der Waals surface area (Å²) < 4.78 is 24.1. The van der Waals surface area contributed by atoms with Gasteiger partial charge in [-0.15, -0.1) is 5.10 Å². The number of primary sulfonamides is 1. The van der Waals surface area contributed by atoms with Crippen LogP contribution in [0.25, 0.3) is 22.5 Å². The second-order valence-corrected chi connectivity index (χ2v) is 7.91. The van der Waals surface area contributed by atoms with Crippen molar-refractivity contribution in [1.82, 2.24) is 25.9 Å². The topological polar surface area (TPSA) is 144 Å². The number of nitrogens with zero attached hydrogens (tertiary/aromatic N) is 3. The Bertz CT molecular complexity index is 1080. The van der Waals surface area contributed by atoms with Gasteiger partial charge in [-0.05, 0) is 47.0 Å². The number of benzene rings is 2. The first-order chi connectivity index (χ1) is 13.3. The lowest BCUT2D eigenvalue weighted by Crippen LogP contribution is -2.31. The number of aromatic amines is 1. The molecular weight excluding hydrogens is 380 g/mol. The predicted octanol–water partition coefficient (Wildman–Crippen LogP) is 1.25. The number of aromatic nitrogens is 4. The van der Waals surface area contributed by atoms with Gasteiger partial charge in [0.05, 0.1) is 10.9 Å². The van der Waals surface area contributed by atoms with Crippen LogP contribution >= 0.6 is 0 Å². The minimum Gasteiger partial charge on any atom is -0.304 e. The van der Waals surface area contributed by atoms with E-state index in [9.17, 15) is 13.2 Å². The second kappa shape index (κ2) is 7.97. The van der Waals surface area contributed by atoms with E-state index in [2.05, 4.69) is 25.9 Å². The van der Waals surface area contributed by atoms with Crippen molar-refractivity contribution in [2.24, 2.45) is 5.14 Å². The zero-order chi connectivity index (χ0) is 20.3. The summed E-state index contributed by atoms with van der Waals surface area (Å²) >= 11 is 0. The second-order valence-electron chi connectivity index (χ2n) is 6.38. The molecule has 0 aliphatic rings. The van der Waals surface area contributed by atoms with Crippen molar-refractivity contribution >= 4 is 15.8 Å². The Morgan fingerprint density at radius 2 is 1.93 bits per heavy atom. The van der Waals surface area contributed by atoms with Gasteiger partial charge < -0.3 is 5.32 Å². The van der Waals surface area contributed by atoms with Gasteiger partial charge in [0.25, 0.3) is 0 Å². The summed E-state index contributed by atoms with van der Waals surface area (Å²) in [5, 5.41) is 22.0. The number of Topliss-reactive ketones (excluding diaryl/α,β-unsaturated/α-hetero) is 1. The largest absolute Gasteiger partial charge is 0.304 e. The standard InChI is InChI=1S/C18H20N6O3S/c1-11(12(2)25)20-10-13-6-8-14(9-7-13)15-4-3-5-16(28(19,26)27)17(15)18-21-23-24-22-18/h3-9,11,20H,10H2,1-2H3,(H2,19,26,27)(H,21,22,23,24). The molecule has 0 saturated carbocycles. The SMILES string of the molecule is CC(=O)C(C)NCc1ccc(-c2cccc(S(N)(=O)=O)c2-c2nnn[nH]2)cc1. The molecule has 1 atom stereocenters. The molecule has 3 aromatic rings. The van der Waals surface area contributed by atoms with Crippen molar-refractivity contribution in [1.29, 1.82) is 0 Å². The summed E-state index contributed by atoms with van der Waals surface area (Å²) in [5.41, 5.74) is 2.70. The van der Waals surface area contributed by atoms with E-state index in [0.29, 0.717) is 17.7 Å². The molecule has 0 saturated heterocycles. The summed E-state index contributed by atoms with van der Waals surface area (Å²) in [6.07, 6.45) is 0. The number of H-pyrrole nitrogens is 1. The van der Waals surface area contributed by atoms with Crippen LogP contribution in [0.2, 0.25) is 0 Å². The summed E-state index contributed by atoms with van der Waals surface area (Å²) in [6, 6.07) is 12.1. The summed E-state index contributed by atoms with van der Waals surface area (Å²) in [7, 11) is -3.98. The van der Waals surface area contributed by atoms with E-state index in [0.717, 1.165) is 11.1 Å². The van der Waals surface area contributed by atoms with Crippen LogP contribution in [0.5, 0.6) is 0 Å². The maximum Gasteiger partial charge on any atom is 0.238 e. The Morgan fingerprint density at radius 1 is 1.21 bits per heavy atom. The van der Waals surface area contributed by atoms with Gasteiger partial charge in [-0.2, -0.15) is 0 Å². The minimum absolute atomic E-state index is 0.0652. The molecule has 0 amide bonds. The first kappa shape index (κ1) is 19.8. The number of ketones is 1. The van der Waals surface area contributed by atoms with Gasteiger partial charge in [-0.1, -0.05) is 36.4 Å². The lowest BCUT2D eigenvalue weighted by Gasteiger charge is -2.13. The van der Waals surface area contributed by atoms with E-state index in [1.165, 1.54) is 6.07 Å². The number of hydrogen-bond donors (Lipinski definition) is 3. The van der Waals surface area contributed by atoms with Crippen LogP contribution in [-0.4, -0.2) is 40.9 Å². The number of hydrogen-bond acceptors (Lipinski definition) is 7. The van der Waals surface area contributed by atoms with Crippen LogP contribution < -0.4 is 10.5 Å². The van der Waals surface area contributed by atoms with Crippen LogP contribution in [0.1, 0.15) is 19.4 Å². The smallest absolute Gasteiger partial charge is 0.238 e. The fourth-order valence-corrected chi connectivity index (χ4v) is 3.49. The van der Waals surface area contributed by atoms with E-state index in [1.54, 1.807) is 19.1 Å². The van der Waals surface area contributed by atoms with Gasteiger partial charge in [0, 0.05) is 12.1 Å². The molecule has 146 valence electrons. The molecule has 28 heavy (non-hydrogen) atoms. The minimum atomic E-state index is -3.98. The fourth-order valence-electron chi connectivity index (χ4n) is 2.73. The van der Waals surface area contributed by atoms with Crippen molar-refractivity contribution in [2.45, 2.75) is 31.3 Å². The monoisotopic (exact) mass is 400 g/mol. The zero-order valence-corrected chi connectivity index (χ0v) is 16.2. The Hall–Kier alpha value is -2.95. The number of carbonyl (C=O) groups excluding carboxylic acids is 1. The van der Waals surface area contributed by atoms with E-state index in [4.69, 9.17) is 5.14 Å². The fraction of sp³-hybridized carbons (Fsp3) is 0.222. The highest BCUT2D eigenvalue weighted by atomic mass is 32.2. The van der Waals surface area contributed by atoms with Crippen LogP contribution in [0.4, 0.5) is 0 Å². The molecule has 3 rings (SSSR count). The number of nitrogens with one attached hydrogen (secondary N) is 2. The number of carbonyl (C=O) groups is 1. The molecular formula is C18H20N6O3S. The molecule has 9 nitrogen and oxygen atoms in total. The first-order valence-electron chi connectivity index (χ1n) is 8.50. The quantitative estimate of drug-likeness (QED) is 0.541. The Balaban J connectivity index is 1.99. The van der Waals surface area contributed by atoms with E-state index in [-0.39, 0.29) is 22.5 Å². The summed E-state index contributed by atoms with van der Waals surface area (Å²) in [5.74, 6) is 0.280. The van der Waals surface area contributed by atoms with Crippen molar-refractivity contribution in [2.75, 3.05) is 0 Å². The van der Waals surface area contributed by atoms with Gasteiger partial charge in [0.1, 0.15) is 5.78 Å². The highest BCUT2D eigenvalue weighted by Gasteiger charge is 2.21. The molecule has 1 heterocycles. The molecule has 0 aliphatic carbocycles. The lowest BCUT2D eigenvalue weighted by molar-refractivity contribution is -0.118. The molecule has 1 unspecified atom stereocenters. The highest BCUT2D eigenvalue weighted by molar-refractivity contribution is 7.89. The Labute approximate surface area is 162 Å². The van der Waals surface area contributed by atoms with Gasteiger partial charge in [0.15, 0.2) is 5.82 Å². The molecule has 0 spiro atoms. The number of sulfonamides is 1. The van der Waals surface area contributed by atoms with Crippen LogP contribution in [0, 0.1) is 0 Å². The summed E-state index contributed by atoms with van der Waals surface area (Å²) in [6.45, 7) is 3.89. The summed E-state index contributed by atoms with van der Waals surface area (Å²) in [4.78, 5) is 11.3. The number of tetrazole rings is 1. The molecule has 4 N–H and O–H groups in total. The number of nitrogens with two attached hydrogens (primary N) is 1. The highest BCUT2D eigenvalue weighted by Crippen LogP contribution is 2.34.